The minimum absolute atomic E-state index is 0.0264. The Hall–Kier alpha value is -3.47. The Labute approximate surface area is 300 Å². The van der Waals surface area contributed by atoms with Gasteiger partial charge in [-0.15, -0.1) is 0 Å². The number of carboxylic acid groups (broad SMARTS) is 1. The van der Waals surface area contributed by atoms with E-state index in [4.69, 9.17) is 4.74 Å². The number of aliphatic carboxylic acids is 1. The topological polar surface area (TPSA) is 165 Å². The second-order valence-electron chi connectivity index (χ2n) is 17.0. The summed E-state index contributed by atoms with van der Waals surface area (Å²) >= 11 is 0. The number of amides is 2. The Morgan fingerprint density at radius 1 is 0.941 bits per heavy atom. The number of carboxylic acids is 1. The summed E-state index contributed by atoms with van der Waals surface area (Å²) in [6.45, 7) is 6.30. The lowest BCUT2D eigenvalue weighted by Gasteiger charge is -2.64. The van der Waals surface area contributed by atoms with Crippen molar-refractivity contribution in [3.63, 3.8) is 0 Å². The number of hydrogen-bond acceptors (Lipinski definition) is 7. The fourth-order valence-electron chi connectivity index (χ4n) is 11.9. The first-order valence-corrected chi connectivity index (χ1v) is 19.0. The molecule has 0 spiro atoms. The van der Waals surface area contributed by atoms with Gasteiger partial charge < -0.3 is 35.8 Å². The van der Waals surface area contributed by atoms with Gasteiger partial charge >= 0.3 is 12.1 Å². The number of aliphatic hydroxyl groups is 3. The van der Waals surface area contributed by atoms with E-state index in [1.165, 1.54) is 0 Å². The van der Waals surface area contributed by atoms with Gasteiger partial charge in [0, 0.05) is 12.3 Å². The zero-order chi connectivity index (χ0) is 36.3. The quantitative estimate of drug-likeness (QED) is 0.188. The number of hydrogen-bond donors (Lipinski definition) is 6. The van der Waals surface area contributed by atoms with E-state index in [1.807, 2.05) is 36.4 Å². The maximum Gasteiger partial charge on any atom is 0.407 e. The van der Waals surface area contributed by atoms with E-state index in [1.54, 1.807) is 0 Å². The van der Waals surface area contributed by atoms with Gasteiger partial charge in [-0.3, -0.25) is 9.59 Å². The van der Waals surface area contributed by atoms with Crippen molar-refractivity contribution in [2.75, 3.05) is 13.2 Å². The van der Waals surface area contributed by atoms with Crippen molar-refractivity contribution in [2.24, 2.45) is 46.3 Å². The molecule has 10 heteroatoms. The van der Waals surface area contributed by atoms with Gasteiger partial charge in [-0.25, -0.2) is 4.79 Å². The van der Waals surface area contributed by atoms with Gasteiger partial charge in [0.1, 0.15) is 18.9 Å². The van der Waals surface area contributed by atoms with Crippen LogP contribution in [-0.4, -0.2) is 69.5 Å². The zero-order valence-corrected chi connectivity index (χ0v) is 30.0. The number of carbonyl (C=O) groups is 3. The third-order valence-electron chi connectivity index (χ3n) is 14.5. The first-order chi connectivity index (χ1) is 24.2. The third kappa shape index (κ3) is 6.25. The van der Waals surface area contributed by atoms with Crippen LogP contribution in [0.4, 0.5) is 4.79 Å². The summed E-state index contributed by atoms with van der Waals surface area (Å²) in [6.07, 6.45) is 3.01. The molecule has 2 aromatic carbocycles. The number of rotatable bonds is 9. The molecule has 10 nitrogen and oxygen atoms in total. The minimum Gasteiger partial charge on any atom is -0.481 e. The molecule has 5 aliphatic rings. The lowest BCUT2D eigenvalue weighted by atomic mass is 9.42. The summed E-state index contributed by atoms with van der Waals surface area (Å²) in [4.78, 5) is 37.0. The van der Waals surface area contributed by atoms with Gasteiger partial charge in [-0.2, -0.15) is 0 Å². The highest BCUT2D eigenvalue weighted by atomic mass is 16.5. The van der Waals surface area contributed by atoms with Gasteiger partial charge in [0.25, 0.3) is 0 Å². The smallest absolute Gasteiger partial charge is 0.407 e. The van der Waals surface area contributed by atoms with Gasteiger partial charge in [-0.05, 0) is 120 Å². The largest absolute Gasteiger partial charge is 0.481 e. The highest BCUT2D eigenvalue weighted by molar-refractivity contribution is 5.83. The molecule has 5 aliphatic carbocycles. The summed E-state index contributed by atoms with van der Waals surface area (Å²) in [5, 5.41) is 49.8. The fourth-order valence-corrected chi connectivity index (χ4v) is 11.9. The van der Waals surface area contributed by atoms with Crippen molar-refractivity contribution in [2.45, 2.75) is 102 Å². The Kier molecular flexibility index (Phi) is 9.51. The predicted octanol–water partition coefficient (Wildman–Crippen LogP) is 5.43. The molecule has 51 heavy (non-hydrogen) atoms. The molecule has 11 atom stereocenters. The molecule has 2 aromatic rings. The van der Waals surface area contributed by atoms with E-state index >= 15 is 0 Å². The van der Waals surface area contributed by atoms with Crippen molar-refractivity contribution in [3.8, 4) is 11.1 Å². The van der Waals surface area contributed by atoms with Crippen LogP contribution in [0.25, 0.3) is 11.1 Å². The maximum absolute atomic E-state index is 13.1. The Bertz CT molecular complexity index is 1620. The van der Waals surface area contributed by atoms with Crippen LogP contribution < -0.4 is 10.6 Å². The van der Waals surface area contributed by atoms with Crippen LogP contribution in [0.3, 0.4) is 0 Å². The predicted molar refractivity (Wildman–Crippen MR) is 190 cm³/mol. The zero-order valence-electron chi connectivity index (χ0n) is 30.0. The number of benzene rings is 2. The van der Waals surface area contributed by atoms with Crippen molar-refractivity contribution in [1.29, 1.82) is 0 Å². The van der Waals surface area contributed by atoms with Gasteiger partial charge in [-0.1, -0.05) is 69.3 Å². The molecule has 4 fully saturated rings. The molecule has 0 aromatic heterocycles. The molecule has 6 N–H and O–H groups in total. The van der Waals surface area contributed by atoms with E-state index < -0.39 is 35.9 Å². The monoisotopic (exact) mass is 702 g/mol. The van der Waals surface area contributed by atoms with Crippen molar-refractivity contribution >= 4 is 18.0 Å². The molecule has 0 unspecified atom stereocenters. The number of nitrogens with one attached hydrogen (secondary N) is 2. The number of fused-ring (bicyclic) bond motifs is 8. The van der Waals surface area contributed by atoms with Crippen molar-refractivity contribution in [1.82, 2.24) is 10.6 Å². The summed E-state index contributed by atoms with van der Waals surface area (Å²) in [7, 11) is 0. The minimum atomic E-state index is -1.48. The fraction of sp³-hybridized carbons (Fsp3) is 0.634. The summed E-state index contributed by atoms with van der Waals surface area (Å²) < 4.78 is 5.57. The standard InChI is InChI=1S/C41H54N2O8/c1-23(12-15-36(47)48)30-13-14-31-37-32(19-34(45)40(30,31)3)39(2)16-17-41(50,20-24(39)18-33(37)44)43-35(46)21-42-38(49)51-22-29-27-10-6-4-8-25(27)26-9-5-7-11-28(26)29/h4-11,23-24,29-34,37,44-45,50H,12-22H2,1-3H3,(H,42,49)(H,43,46)(H,47,48)/t23-,24-,30-,31+,32+,33-,34+,37+,39+,40-,41-/m1/s1. The van der Waals surface area contributed by atoms with E-state index in [-0.39, 0.29) is 78.2 Å². The molecule has 276 valence electrons. The Morgan fingerprint density at radius 3 is 2.27 bits per heavy atom. The summed E-state index contributed by atoms with van der Waals surface area (Å²) in [5.74, 6) is -0.869. The average Bonchev–Trinajstić information content (AvgIpc) is 3.62. The van der Waals surface area contributed by atoms with E-state index in [0.29, 0.717) is 32.1 Å². The highest BCUT2D eigenvalue weighted by Gasteiger charge is 2.66. The third-order valence-corrected chi connectivity index (χ3v) is 14.5. The highest BCUT2D eigenvalue weighted by Crippen LogP contribution is 2.68. The molecule has 0 heterocycles. The molecule has 0 bridgehead atoms. The molecule has 2 amide bonds. The van der Waals surface area contributed by atoms with Crippen molar-refractivity contribution < 1.29 is 39.5 Å². The second-order valence-corrected chi connectivity index (χ2v) is 17.0. The first-order valence-electron chi connectivity index (χ1n) is 19.0. The lowest BCUT2D eigenvalue weighted by molar-refractivity contribution is -0.218. The van der Waals surface area contributed by atoms with E-state index in [9.17, 15) is 34.8 Å². The average molecular weight is 703 g/mol. The maximum atomic E-state index is 13.1. The summed E-state index contributed by atoms with van der Waals surface area (Å²) in [5.41, 5.74) is 2.37. The number of aliphatic hydroxyl groups excluding tert-OH is 2. The van der Waals surface area contributed by atoms with Crippen LogP contribution in [0.2, 0.25) is 0 Å². The molecular formula is C41H54N2O8. The van der Waals surface area contributed by atoms with Crippen LogP contribution in [0.1, 0.15) is 95.6 Å². The normalized spacial score (nSPS) is 37.2. The van der Waals surface area contributed by atoms with Crippen LogP contribution in [-0.2, 0) is 14.3 Å². The first kappa shape index (κ1) is 35.9. The van der Waals surface area contributed by atoms with E-state index in [2.05, 4.69) is 43.5 Å². The van der Waals surface area contributed by atoms with Gasteiger partial charge in [0.05, 0.1) is 12.2 Å². The van der Waals surface area contributed by atoms with Crippen LogP contribution >= 0.6 is 0 Å². The molecular weight excluding hydrogens is 648 g/mol. The number of ether oxygens (including phenoxy) is 1. The van der Waals surface area contributed by atoms with Crippen molar-refractivity contribution in [3.05, 3.63) is 59.7 Å². The summed E-state index contributed by atoms with van der Waals surface area (Å²) in [6, 6.07) is 16.2. The second kappa shape index (κ2) is 13.5. The van der Waals surface area contributed by atoms with Gasteiger partial charge in [0.2, 0.25) is 5.91 Å². The van der Waals surface area contributed by atoms with Crippen LogP contribution in [0.5, 0.6) is 0 Å². The lowest BCUT2D eigenvalue weighted by Crippen LogP contribution is -2.65. The van der Waals surface area contributed by atoms with Crippen LogP contribution in [0, 0.1) is 46.3 Å². The van der Waals surface area contributed by atoms with Crippen LogP contribution in [0.15, 0.2) is 48.5 Å². The Balaban J connectivity index is 0.943. The molecule has 7 rings (SSSR count). The number of alkyl carbamates (subject to hydrolysis) is 1. The molecule has 4 saturated carbocycles. The van der Waals surface area contributed by atoms with Gasteiger partial charge in [0.15, 0.2) is 0 Å². The number of carbonyl (C=O) groups excluding carboxylic acids is 2. The van der Waals surface area contributed by atoms with E-state index in [0.717, 1.165) is 35.1 Å². The SMILES string of the molecule is C[C@H](CCC(=O)O)[C@H]1CC[C@H]2[C@@H]3[C@H](O)C[C@@H]4C[C@@](O)(NC(=O)CNC(=O)OCC5c6ccccc6-c6ccccc65)CC[C@]4(C)[C@H]3C[C@H](O)[C@]12C. The molecule has 0 aliphatic heterocycles. The molecule has 0 saturated heterocycles. The molecule has 0 radical (unpaired) electrons. The Morgan fingerprint density at radius 2 is 1.61 bits per heavy atom.